The molecule has 176 valence electrons. The van der Waals surface area contributed by atoms with Gasteiger partial charge in [-0.25, -0.2) is 17.8 Å². The molecule has 2 heterocycles. The van der Waals surface area contributed by atoms with E-state index in [1.54, 1.807) is 42.5 Å². The molecular formula is C22H15ClF3N3O3S2. The van der Waals surface area contributed by atoms with E-state index < -0.39 is 27.8 Å². The van der Waals surface area contributed by atoms with Crippen molar-refractivity contribution >= 4 is 38.9 Å². The molecule has 0 unspecified atom stereocenters. The van der Waals surface area contributed by atoms with Crippen molar-refractivity contribution in [3.63, 3.8) is 0 Å². The maximum atomic E-state index is 13.4. The number of rotatable bonds is 5. The smallest absolute Gasteiger partial charge is 0.274 e. The number of hydrogen-bond donors (Lipinski definition) is 1. The zero-order valence-corrected chi connectivity index (χ0v) is 19.7. The Labute approximate surface area is 201 Å². The molecule has 0 radical (unpaired) electrons. The van der Waals surface area contributed by atoms with Crippen LogP contribution in [0.4, 0.5) is 13.2 Å². The molecule has 1 N–H and O–H groups in total. The highest BCUT2D eigenvalue weighted by atomic mass is 35.5. The number of para-hydroxylation sites is 1. The van der Waals surface area contributed by atoms with E-state index in [1.165, 1.54) is 18.2 Å². The van der Waals surface area contributed by atoms with E-state index in [9.17, 15) is 26.4 Å². The Balaban J connectivity index is 1.79. The molecule has 0 atom stereocenters. The molecule has 0 aliphatic heterocycles. The molecule has 12 heteroatoms. The molecule has 0 saturated carbocycles. The number of carbonyl (C=O) groups excluding carboxylic acids is 1. The van der Waals surface area contributed by atoms with E-state index in [4.69, 9.17) is 11.6 Å². The molecule has 0 bridgehead atoms. The zero-order valence-electron chi connectivity index (χ0n) is 17.3. The van der Waals surface area contributed by atoms with Gasteiger partial charge in [-0.3, -0.25) is 4.79 Å². The fourth-order valence-corrected chi connectivity index (χ4v) is 5.45. The third-order valence-electron chi connectivity index (χ3n) is 4.65. The van der Waals surface area contributed by atoms with Gasteiger partial charge in [-0.15, -0.1) is 11.3 Å². The minimum Gasteiger partial charge on any atom is -0.274 e. The topological polar surface area (TPSA) is 81.1 Å². The number of thiophene rings is 1. The molecule has 0 aliphatic rings. The molecule has 0 saturated heterocycles. The van der Waals surface area contributed by atoms with Crippen molar-refractivity contribution in [2.45, 2.75) is 18.0 Å². The van der Waals surface area contributed by atoms with Crippen LogP contribution >= 0.6 is 22.9 Å². The number of carbonyl (C=O) groups is 1. The standard InChI is InChI=1S/C22H15ClF3N3O3S2/c1-13(30)28-34(31,32)15-6-4-5-14(11-15)19-9-10-20(33-19)18-12-21(22(24,25)26)27-29(18)17-8-3-2-7-16(17)23/h2-12H,1H3,(H,28,30). The number of sulfonamides is 1. The van der Waals surface area contributed by atoms with Crippen molar-refractivity contribution in [1.82, 2.24) is 14.5 Å². The normalized spacial score (nSPS) is 12.0. The van der Waals surface area contributed by atoms with Crippen molar-refractivity contribution < 1.29 is 26.4 Å². The van der Waals surface area contributed by atoms with E-state index in [2.05, 4.69) is 5.10 Å². The summed E-state index contributed by atoms with van der Waals surface area (Å²) in [6.07, 6.45) is -4.66. The highest BCUT2D eigenvalue weighted by Gasteiger charge is 2.35. The van der Waals surface area contributed by atoms with Crippen LogP contribution in [0.2, 0.25) is 5.02 Å². The summed E-state index contributed by atoms with van der Waals surface area (Å²) in [5.74, 6) is -0.725. The second-order valence-corrected chi connectivity index (χ2v) is 10.3. The van der Waals surface area contributed by atoms with Gasteiger partial charge in [0.2, 0.25) is 5.91 Å². The summed E-state index contributed by atoms with van der Waals surface area (Å²) >= 11 is 7.37. The predicted octanol–water partition coefficient (Wildman–Crippen LogP) is 5.76. The lowest BCUT2D eigenvalue weighted by Crippen LogP contribution is -2.28. The quantitative estimate of drug-likeness (QED) is 0.359. The number of hydrogen-bond acceptors (Lipinski definition) is 5. The molecule has 6 nitrogen and oxygen atoms in total. The average Bonchev–Trinajstić information content (AvgIpc) is 3.40. The Morgan fingerprint density at radius 3 is 2.41 bits per heavy atom. The van der Waals surface area contributed by atoms with Gasteiger partial charge in [0.15, 0.2) is 5.69 Å². The molecular weight excluding hydrogens is 511 g/mol. The summed E-state index contributed by atoms with van der Waals surface area (Å²) in [6, 6.07) is 16.5. The van der Waals surface area contributed by atoms with E-state index >= 15 is 0 Å². The number of benzene rings is 2. The summed E-state index contributed by atoms with van der Waals surface area (Å²) in [6.45, 7) is 1.09. The molecule has 0 aliphatic carbocycles. The van der Waals surface area contributed by atoms with Gasteiger partial charge in [-0.05, 0) is 48.0 Å². The third kappa shape index (κ3) is 4.86. The molecule has 4 aromatic rings. The van der Waals surface area contributed by atoms with E-state index in [0.717, 1.165) is 29.0 Å². The highest BCUT2D eigenvalue weighted by Crippen LogP contribution is 2.39. The first-order valence-corrected chi connectivity index (χ1v) is 12.3. The molecule has 0 spiro atoms. The highest BCUT2D eigenvalue weighted by molar-refractivity contribution is 7.90. The third-order valence-corrected chi connectivity index (χ3v) is 7.55. The summed E-state index contributed by atoms with van der Waals surface area (Å²) in [7, 11) is -4.04. The number of halogens is 4. The van der Waals surface area contributed by atoms with Crippen molar-refractivity contribution in [1.29, 1.82) is 0 Å². The minimum absolute atomic E-state index is 0.115. The number of amides is 1. The van der Waals surface area contributed by atoms with Crippen molar-refractivity contribution in [2.24, 2.45) is 0 Å². The van der Waals surface area contributed by atoms with Crippen LogP contribution in [0.15, 0.2) is 71.6 Å². The molecule has 1 amide bonds. The van der Waals surface area contributed by atoms with Crippen LogP contribution in [0.5, 0.6) is 0 Å². The van der Waals surface area contributed by atoms with E-state index in [1.807, 2.05) is 4.72 Å². The van der Waals surface area contributed by atoms with Gasteiger partial charge in [0.25, 0.3) is 10.0 Å². The van der Waals surface area contributed by atoms with Crippen LogP contribution < -0.4 is 4.72 Å². The lowest BCUT2D eigenvalue weighted by atomic mass is 10.2. The number of aromatic nitrogens is 2. The number of nitrogens with zero attached hydrogens (tertiary/aromatic N) is 2. The Hall–Kier alpha value is -3.15. The van der Waals surface area contributed by atoms with Crippen molar-refractivity contribution in [3.05, 3.63) is 77.4 Å². The Kier molecular flexibility index (Phi) is 6.28. The van der Waals surface area contributed by atoms with Gasteiger partial charge in [0.05, 0.1) is 26.2 Å². The molecule has 2 aromatic heterocycles. The Bertz CT molecular complexity index is 1490. The number of alkyl halides is 3. The van der Waals surface area contributed by atoms with Gasteiger partial charge < -0.3 is 0 Å². The average molecular weight is 526 g/mol. The largest absolute Gasteiger partial charge is 0.435 e. The summed E-state index contributed by atoms with van der Waals surface area (Å²) < 4.78 is 68.0. The molecule has 34 heavy (non-hydrogen) atoms. The fraction of sp³-hybridized carbons (Fsp3) is 0.0909. The Morgan fingerprint density at radius 1 is 1.03 bits per heavy atom. The minimum atomic E-state index is -4.66. The van der Waals surface area contributed by atoms with Gasteiger partial charge in [-0.1, -0.05) is 35.9 Å². The first-order chi connectivity index (χ1) is 16.0. The van der Waals surface area contributed by atoms with Crippen LogP contribution in [0.25, 0.3) is 26.7 Å². The SMILES string of the molecule is CC(=O)NS(=O)(=O)c1cccc(-c2ccc(-c3cc(C(F)(F)F)nn3-c3ccccc3Cl)s2)c1. The first kappa shape index (κ1) is 24.0. The maximum Gasteiger partial charge on any atom is 0.435 e. The number of nitrogens with one attached hydrogen (secondary N) is 1. The molecule has 2 aromatic carbocycles. The van der Waals surface area contributed by atoms with Gasteiger partial charge >= 0.3 is 6.18 Å². The molecule has 4 rings (SSSR count). The second kappa shape index (κ2) is 8.90. The maximum absolute atomic E-state index is 13.4. The van der Waals surface area contributed by atoms with Crippen LogP contribution in [0.3, 0.4) is 0 Å². The van der Waals surface area contributed by atoms with Crippen molar-refractivity contribution in [3.8, 4) is 26.7 Å². The van der Waals surface area contributed by atoms with Gasteiger partial charge in [0.1, 0.15) is 0 Å². The zero-order chi connectivity index (χ0) is 24.7. The van der Waals surface area contributed by atoms with Crippen molar-refractivity contribution in [2.75, 3.05) is 0 Å². The summed E-state index contributed by atoms with van der Waals surface area (Å²) in [5.41, 5.74) is -0.0880. The fourth-order valence-electron chi connectivity index (χ4n) is 3.20. The predicted molar refractivity (Wildman–Crippen MR) is 123 cm³/mol. The summed E-state index contributed by atoms with van der Waals surface area (Å²) in [5, 5.41) is 3.97. The first-order valence-electron chi connectivity index (χ1n) is 9.62. The van der Waals surface area contributed by atoms with Crippen LogP contribution in [0.1, 0.15) is 12.6 Å². The molecule has 0 fully saturated rings. The van der Waals surface area contributed by atoms with Crippen LogP contribution in [-0.2, 0) is 21.0 Å². The van der Waals surface area contributed by atoms with E-state index in [0.29, 0.717) is 15.3 Å². The van der Waals surface area contributed by atoms with Gasteiger partial charge in [0, 0.05) is 11.8 Å². The lowest BCUT2D eigenvalue weighted by molar-refractivity contribution is -0.141. The Morgan fingerprint density at radius 2 is 1.74 bits per heavy atom. The van der Waals surface area contributed by atoms with Crippen LogP contribution in [-0.4, -0.2) is 24.1 Å². The summed E-state index contributed by atoms with van der Waals surface area (Å²) in [4.78, 5) is 12.2. The second-order valence-electron chi connectivity index (χ2n) is 7.13. The van der Waals surface area contributed by atoms with Gasteiger partial charge in [-0.2, -0.15) is 18.3 Å². The lowest BCUT2D eigenvalue weighted by Gasteiger charge is -2.08. The van der Waals surface area contributed by atoms with E-state index in [-0.39, 0.29) is 21.3 Å². The van der Waals surface area contributed by atoms with Crippen LogP contribution in [0, 0.1) is 0 Å². The monoisotopic (exact) mass is 525 g/mol.